The SMILES string of the molecule is CCN(CCCNC(=O)c1ccc(C(=O)NC(C)(C)C)cc1)C(C)=O. The van der Waals surface area contributed by atoms with Gasteiger partial charge in [0.15, 0.2) is 0 Å². The van der Waals surface area contributed by atoms with Gasteiger partial charge in [0.1, 0.15) is 0 Å². The van der Waals surface area contributed by atoms with Gasteiger partial charge >= 0.3 is 0 Å². The highest BCUT2D eigenvalue weighted by atomic mass is 16.2. The van der Waals surface area contributed by atoms with Crippen molar-refractivity contribution in [3.63, 3.8) is 0 Å². The predicted octanol–water partition coefficient (Wildman–Crippen LogP) is 2.20. The molecule has 0 unspecified atom stereocenters. The van der Waals surface area contributed by atoms with Crippen LogP contribution in [0.15, 0.2) is 24.3 Å². The first-order valence-electron chi connectivity index (χ1n) is 8.60. The molecule has 1 rings (SSSR count). The van der Waals surface area contributed by atoms with Crippen molar-refractivity contribution in [2.24, 2.45) is 0 Å². The molecule has 0 radical (unpaired) electrons. The van der Waals surface area contributed by atoms with E-state index >= 15 is 0 Å². The van der Waals surface area contributed by atoms with Gasteiger partial charge in [-0.1, -0.05) is 0 Å². The van der Waals surface area contributed by atoms with Crippen LogP contribution in [0.5, 0.6) is 0 Å². The highest BCUT2D eigenvalue weighted by Crippen LogP contribution is 2.07. The molecule has 2 N–H and O–H groups in total. The van der Waals surface area contributed by atoms with E-state index in [1.165, 1.54) is 0 Å². The van der Waals surface area contributed by atoms with E-state index in [-0.39, 0.29) is 23.3 Å². The summed E-state index contributed by atoms with van der Waals surface area (Å²) >= 11 is 0. The minimum absolute atomic E-state index is 0.0398. The molecule has 0 saturated carbocycles. The average Bonchev–Trinajstić information content (AvgIpc) is 2.52. The fraction of sp³-hybridized carbons (Fsp3) is 0.526. The van der Waals surface area contributed by atoms with Crippen molar-refractivity contribution < 1.29 is 14.4 Å². The molecule has 0 aliphatic rings. The first-order chi connectivity index (χ1) is 11.6. The highest BCUT2D eigenvalue weighted by molar-refractivity contribution is 5.98. The molecule has 25 heavy (non-hydrogen) atoms. The van der Waals surface area contributed by atoms with E-state index in [1.54, 1.807) is 36.1 Å². The van der Waals surface area contributed by atoms with Crippen molar-refractivity contribution in [1.82, 2.24) is 15.5 Å². The Hall–Kier alpha value is -2.37. The van der Waals surface area contributed by atoms with E-state index in [2.05, 4.69) is 10.6 Å². The zero-order valence-corrected chi connectivity index (χ0v) is 15.8. The molecule has 0 atom stereocenters. The molecular weight excluding hydrogens is 318 g/mol. The van der Waals surface area contributed by atoms with Crippen LogP contribution in [-0.4, -0.2) is 47.8 Å². The molecular formula is C19H29N3O3. The lowest BCUT2D eigenvalue weighted by Crippen LogP contribution is -2.40. The van der Waals surface area contributed by atoms with Gasteiger partial charge in [0, 0.05) is 43.2 Å². The molecule has 6 nitrogen and oxygen atoms in total. The molecule has 1 aromatic rings. The minimum Gasteiger partial charge on any atom is -0.352 e. The fourth-order valence-corrected chi connectivity index (χ4v) is 2.30. The number of carbonyl (C=O) groups is 3. The van der Waals surface area contributed by atoms with Crippen molar-refractivity contribution in [2.75, 3.05) is 19.6 Å². The summed E-state index contributed by atoms with van der Waals surface area (Å²) in [6.45, 7) is 11.0. The maximum Gasteiger partial charge on any atom is 0.251 e. The minimum atomic E-state index is -0.306. The highest BCUT2D eigenvalue weighted by Gasteiger charge is 2.15. The van der Waals surface area contributed by atoms with Gasteiger partial charge < -0.3 is 15.5 Å². The zero-order valence-electron chi connectivity index (χ0n) is 15.8. The van der Waals surface area contributed by atoms with Gasteiger partial charge in [0.2, 0.25) is 5.91 Å². The number of hydrogen-bond donors (Lipinski definition) is 2. The Labute approximate surface area is 150 Å². The van der Waals surface area contributed by atoms with Crippen LogP contribution >= 0.6 is 0 Å². The number of benzene rings is 1. The fourth-order valence-electron chi connectivity index (χ4n) is 2.30. The Morgan fingerprint density at radius 1 is 1.00 bits per heavy atom. The Bertz CT molecular complexity index is 603. The van der Waals surface area contributed by atoms with E-state index in [1.807, 2.05) is 27.7 Å². The quantitative estimate of drug-likeness (QED) is 0.742. The molecule has 0 heterocycles. The smallest absolute Gasteiger partial charge is 0.251 e. The van der Waals surface area contributed by atoms with Gasteiger partial charge in [0.25, 0.3) is 11.8 Å². The van der Waals surface area contributed by atoms with Crippen LogP contribution in [0.2, 0.25) is 0 Å². The van der Waals surface area contributed by atoms with E-state index in [0.717, 1.165) is 0 Å². The van der Waals surface area contributed by atoms with E-state index in [4.69, 9.17) is 0 Å². The van der Waals surface area contributed by atoms with Crippen LogP contribution in [0.3, 0.4) is 0 Å². The number of carbonyl (C=O) groups excluding carboxylic acids is 3. The molecule has 3 amide bonds. The third-order valence-corrected chi connectivity index (χ3v) is 3.62. The topological polar surface area (TPSA) is 78.5 Å². The summed E-state index contributed by atoms with van der Waals surface area (Å²) < 4.78 is 0. The second kappa shape index (κ2) is 9.20. The molecule has 0 spiro atoms. The normalized spacial score (nSPS) is 10.9. The van der Waals surface area contributed by atoms with Crippen molar-refractivity contribution in [3.8, 4) is 0 Å². The van der Waals surface area contributed by atoms with Crippen molar-refractivity contribution in [2.45, 2.75) is 46.6 Å². The lowest BCUT2D eigenvalue weighted by molar-refractivity contribution is -0.128. The molecule has 0 aromatic heterocycles. The van der Waals surface area contributed by atoms with Crippen LogP contribution in [0, 0.1) is 0 Å². The first-order valence-corrected chi connectivity index (χ1v) is 8.60. The van der Waals surface area contributed by atoms with Gasteiger partial charge in [-0.25, -0.2) is 0 Å². The van der Waals surface area contributed by atoms with Gasteiger partial charge in [-0.3, -0.25) is 14.4 Å². The molecule has 0 aliphatic carbocycles. The lowest BCUT2D eigenvalue weighted by atomic mass is 10.1. The van der Waals surface area contributed by atoms with Crippen LogP contribution in [0.4, 0.5) is 0 Å². The molecule has 138 valence electrons. The Balaban J connectivity index is 2.49. The summed E-state index contributed by atoms with van der Waals surface area (Å²) in [7, 11) is 0. The summed E-state index contributed by atoms with van der Waals surface area (Å²) in [6.07, 6.45) is 0.700. The summed E-state index contributed by atoms with van der Waals surface area (Å²) in [5.41, 5.74) is 0.720. The van der Waals surface area contributed by atoms with E-state index in [9.17, 15) is 14.4 Å². The van der Waals surface area contributed by atoms with Crippen LogP contribution in [0.25, 0.3) is 0 Å². The van der Waals surface area contributed by atoms with Crippen LogP contribution in [0.1, 0.15) is 61.8 Å². The molecule has 1 aromatic carbocycles. The summed E-state index contributed by atoms with van der Waals surface area (Å²) in [4.78, 5) is 37.2. The van der Waals surface area contributed by atoms with Crippen molar-refractivity contribution in [1.29, 1.82) is 0 Å². The zero-order chi connectivity index (χ0) is 19.0. The van der Waals surface area contributed by atoms with Gasteiger partial charge in [0.05, 0.1) is 0 Å². The Morgan fingerprint density at radius 3 is 1.96 bits per heavy atom. The average molecular weight is 347 g/mol. The second-order valence-electron chi connectivity index (χ2n) is 6.99. The number of nitrogens with one attached hydrogen (secondary N) is 2. The lowest BCUT2D eigenvalue weighted by Gasteiger charge is -2.20. The molecule has 0 bridgehead atoms. The molecule has 0 fully saturated rings. The maximum absolute atomic E-state index is 12.1. The number of hydrogen-bond acceptors (Lipinski definition) is 3. The standard InChI is InChI=1S/C19H29N3O3/c1-6-22(14(2)23)13-7-12-20-17(24)15-8-10-16(11-9-15)18(25)21-19(3,4)5/h8-11H,6-7,12-13H2,1-5H3,(H,20,24)(H,21,25). The van der Waals surface area contributed by atoms with Crippen LogP contribution in [-0.2, 0) is 4.79 Å². The third-order valence-electron chi connectivity index (χ3n) is 3.62. The predicted molar refractivity (Wildman–Crippen MR) is 98.5 cm³/mol. The van der Waals surface area contributed by atoms with Gasteiger partial charge in [-0.2, -0.15) is 0 Å². The Morgan fingerprint density at radius 2 is 1.52 bits per heavy atom. The first kappa shape index (κ1) is 20.7. The van der Waals surface area contributed by atoms with Crippen LogP contribution < -0.4 is 10.6 Å². The van der Waals surface area contributed by atoms with E-state index in [0.29, 0.717) is 37.2 Å². The summed E-state index contributed by atoms with van der Waals surface area (Å²) in [5.74, 6) is -0.310. The van der Waals surface area contributed by atoms with Gasteiger partial charge in [-0.15, -0.1) is 0 Å². The number of rotatable bonds is 7. The van der Waals surface area contributed by atoms with Crippen molar-refractivity contribution in [3.05, 3.63) is 35.4 Å². The monoisotopic (exact) mass is 347 g/mol. The second-order valence-corrected chi connectivity index (χ2v) is 6.99. The van der Waals surface area contributed by atoms with Gasteiger partial charge in [-0.05, 0) is 58.4 Å². The molecule has 0 saturated heterocycles. The Kier molecular flexibility index (Phi) is 7.61. The number of nitrogens with zero attached hydrogens (tertiary/aromatic N) is 1. The van der Waals surface area contributed by atoms with E-state index < -0.39 is 0 Å². The summed E-state index contributed by atoms with van der Waals surface area (Å²) in [6, 6.07) is 6.57. The summed E-state index contributed by atoms with van der Waals surface area (Å²) in [5, 5.41) is 5.71. The van der Waals surface area contributed by atoms with Crippen molar-refractivity contribution >= 4 is 17.7 Å². The molecule has 0 aliphatic heterocycles. The maximum atomic E-state index is 12.1. The third kappa shape index (κ3) is 7.37. The number of amides is 3. The molecule has 6 heteroatoms. The largest absolute Gasteiger partial charge is 0.352 e.